The maximum absolute atomic E-state index is 6.31. The molecule has 1 unspecified atom stereocenters. The predicted octanol–water partition coefficient (Wildman–Crippen LogP) is 3.91. The van der Waals surface area contributed by atoms with Crippen LogP contribution in [0.15, 0.2) is 51.6 Å². The van der Waals surface area contributed by atoms with E-state index < -0.39 is 5.00 Å². The lowest BCUT2D eigenvalue weighted by atomic mass is 10.1. The van der Waals surface area contributed by atoms with Crippen molar-refractivity contribution < 1.29 is 0 Å². The molecule has 88 valence electrons. The van der Waals surface area contributed by atoms with E-state index in [4.69, 9.17) is 34.8 Å². The van der Waals surface area contributed by atoms with E-state index >= 15 is 0 Å². The van der Waals surface area contributed by atoms with E-state index in [1.165, 1.54) is 6.34 Å². The number of halogens is 3. The number of hydrogen-bond acceptors (Lipinski definition) is 2. The molecule has 0 radical (unpaired) electrons. The average molecular weight is 288 g/mol. The van der Waals surface area contributed by atoms with Gasteiger partial charge in [-0.05, 0) is 11.6 Å². The Morgan fingerprint density at radius 2 is 1.88 bits per heavy atom. The summed E-state index contributed by atoms with van der Waals surface area (Å²) in [6, 6.07) is 9.77. The zero-order valence-electron chi connectivity index (χ0n) is 8.70. The van der Waals surface area contributed by atoms with E-state index in [1.807, 2.05) is 36.4 Å². The highest BCUT2D eigenvalue weighted by atomic mass is 35.5. The van der Waals surface area contributed by atoms with Crippen LogP contribution >= 0.6 is 34.8 Å². The van der Waals surface area contributed by atoms with Gasteiger partial charge in [-0.25, -0.2) is 4.99 Å². The molecule has 1 N–H and O–H groups in total. The molecule has 1 aliphatic heterocycles. The van der Waals surface area contributed by atoms with Gasteiger partial charge in [0.15, 0.2) is 5.00 Å². The van der Waals surface area contributed by atoms with Crippen molar-refractivity contribution in [1.29, 1.82) is 0 Å². The fraction of sp³-hybridized carbons (Fsp3) is 0.0833. The average Bonchev–Trinajstić information content (AvgIpc) is 2.35. The summed E-state index contributed by atoms with van der Waals surface area (Å²) < 4.78 is 0. The third-order valence-corrected chi connectivity index (χ3v) is 3.64. The molecule has 0 aliphatic carbocycles. The molecule has 0 bridgehead atoms. The summed E-state index contributed by atoms with van der Waals surface area (Å²) in [4.78, 5) is 2.79. The van der Waals surface area contributed by atoms with E-state index in [9.17, 15) is 0 Å². The van der Waals surface area contributed by atoms with E-state index in [0.717, 1.165) is 5.56 Å². The van der Waals surface area contributed by atoms with Crippen molar-refractivity contribution in [2.75, 3.05) is 0 Å². The summed E-state index contributed by atoms with van der Waals surface area (Å²) in [5, 5.41) is 3.31. The molecule has 0 amide bonds. The zero-order valence-corrected chi connectivity index (χ0v) is 11.0. The first kappa shape index (κ1) is 12.5. The van der Waals surface area contributed by atoms with Gasteiger partial charge in [-0.3, -0.25) is 0 Å². The molecule has 0 saturated carbocycles. The number of nitrogens with zero attached hydrogens (tertiary/aromatic N) is 1. The second kappa shape index (κ2) is 5.13. The third-order valence-electron chi connectivity index (χ3n) is 2.26. The second-order valence-corrected chi connectivity index (χ2v) is 4.80. The summed E-state index contributed by atoms with van der Waals surface area (Å²) in [6.45, 7) is 0. The van der Waals surface area contributed by atoms with E-state index in [-0.39, 0.29) is 10.2 Å². The number of rotatable bonds is 2. The normalized spacial score (nSPS) is 24.2. The first-order valence-corrected chi connectivity index (χ1v) is 6.04. The topological polar surface area (TPSA) is 24.4 Å². The van der Waals surface area contributed by atoms with Crippen molar-refractivity contribution in [3.63, 3.8) is 0 Å². The molecule has 0 aromatic heterocycles. The number of benzene rings is 1. The Morgan fingerprint density at radius 3 is 2.59 bits per heavy atom. The second-order valence-electron chi connectivity index (χ2n) is 3.46. The minimum atomic E-state index is -1.03. The molecule has 2 nitrogen and oxygen atoms in total. The minimum absolute atomic E-state index is 0.193. The minimum Gasteiger partial charge on any atom is -0.350 e. The molecule has 1 aromatic carbocycles. The first-order chi connectivity index (χ1) is 8.12. The molecular formula is C12H9Cl3N2. The lowest BCUT2D eigenvalue weighted by molar-refractivity contribution is 0.784. The quantitative estimate of drug-likeness (QED) is 0.647. The number of aliphatic imine (C=N–C) groups is 1. The highest BCUT2D eigenvalue weighted by Gasteiger charge is 2.31. The molecule has 1 aromatic rings. The molecule has 2 rings (SSSR count). The van der Waals surface area contributed by atoms with Gasteiger partial charge in [0.1, 0.15) is 10.2 Å². The molecule has 5 heteroatoms. The van der Waals surface area contributed by atoms with Crippen LogP contribution in [0.1, 0.15) is 5.56 Å². The molecule has 0 spiro atoms. The monoisotopic (exact) mass is 286 g/mol. The largest absolute Gasteiger partial charge is 0.350 e. The van der Waals surface area contributed by atoms with Gasteiger partial charge in [-0.2, -0.15) is 0 Å². The maximum Gasteiger partial charge on any atom is 0.171 e. The van der Waals surface area contributed by atoms with Gasteiger partial charge in [0.25, 0.3) is 0 Å². The van der Waals surface area contributed by atoms with E-state index in [0.29, 0.717) is 0 Å². The fourth-order valence-electron chi connectivity index (χ4n) is 1.35. The number of hydrogen-bond donors (Lipinski definition) is 1. The van der Waals surface area contributed by atoms with Crippen LogP contribution in [-0.2, 0) is 0 Å². The Hall–Kier alpha value is -0.960. The van der Waals surface area contributed by atoms with Crippen LogP contribution in [0.5, 0.6) is 0 Å². The van der Waals surface area contributed by atoms with Gasteiger partial charge in [0, 0.05) is 0 Å². The molecule has 1 heterocycles. The lowest BCUT2D eigenvalue weighted by Crippen LogP contribution is -2.39. The standard InChI is InChI=1S/C12H9Cl3N2/c13-10-11(14)16-8-17-12(10,15)7-6-9-4-2-1-3-5-9/h1-8H,(H,16,17). The smallest absolute Gasteiger partial charge is 0.171 e. The van der Waals surface area contributed by atoms with Crippen molar-refractivity contribution >= 4 is 47.2 Å². The Labute approximate surface area is 115 Å². The van der Waals surface area contributed by atoms with Crippen LogP contribution in [0.25, 0.3) is 6.08 Å². The van der Waals surface area contributed by atoms with Crippen LogP contribution in [0.3, 0.4) is 0 Å². The van der Waals surface area contributed by atoms with Crippen molar-refractivity contribution in [3.05, 3.63) is 52.2 Å². The highest BCUT2D eigenvalue weighted by molar-refractivity contribution is 6.46. The predicted molar refractivity (Wildman–Crippen MR) is 74.4 cm³/mol. The molecule has 1 aliphatic rings. The first-order valence-electron chi connectivity index (χ1n) is 4.91. The SMILES string of the molecule is ClC1=C(Cl)C(Cl)(C=Cc2ccccc2)NC=N1. The van der Waals surface area contributed by atoms with Gasteiger partial charge < -0.3 is 5.32 Å². The van der Waals surface area contributed by atoms with E-state index in [2.05, 4.69) is 10.3 Å². The van der Waals surface area contributed by atoms with Crippen LogP contribution < -0.4 is 5.32 Å². The van der Waals surface area contributed by atoms with Gasteiger partial charge in [0.2, 0.25) is 0 Å². The van der Waals surface area contributed by atoms with Gasteiger partial charge in [-0.15, -0.1) is 0 Å². The lowest BCUT2D eigenvalue weighted by Gasteiger charge is -2.26. The van der Waals surface area contributed by atoms with Crippen LogP contribution in [-0.4, -0.2) is 11.3 Å². The maximum atomic E-state index is 6.31. The Bertz CT molecular complexity index is 494. The Balaban J connectivity index is 2.24. The van der Waals surface area contributed by atoms with Gasteiger partial charge >= 0.3 is 0 Å². The van der Waals surface area contributed by atoms with Crippen molar-refractivity contribution in [3.8, 4) is 0 Å². The fourth-order valence-corrected chi connectivity index (χ4v) is 1.96. The number of nitrogens with one attached hydrogen (secondary N) is 1. The summed E-state index contributed by atoms with van der Waals surface area (Å²) in [6.07, 6.45) is 5.03. The third kappa shape index (κ3) is 2.83. The number of alkyl halides is 1. The van der Waals surface area contributed by atoms with Crippen LogP contribution in [0.4, 0.5) is 0 Å². The van der Waals surface area contributed by atoms with Gasteiger partial charge in [0.05, 0.1) is 6.34 Å². The molecule has 17 heavy (non-hydrogen) atoms. The summed E-state index contributed by atoms with van der Waals surface area (Å²) >= 11 is 18.2. The van der Waals surface area contributed by atoms with Crippen molar-refractivity contribution in [2.45, 2.75) is 5.00 Å². The molecule has 1 atom stereocenters. The van der Waals surface area contributed by atoms with Crippen molar-refractivity contribution in [2.24, 2.45) is 4.99 Å². The van der Waals surface area contributed by atoms with Gasteiger partial charge in [-0.1, -0.05) is 71.2 Å². The summed E-state index contributed by atoms with van der Waals surface area (Å²) in [7, 11) is 0. The summed E-state index contributed by atoms with van der Waals surface area (Å²) in [5.41, 5.74) is 1.03. The van der Waals surface area contributed by atoms with E-state index in [1.54, 1.807) is 6.08 Å². The molecule has 0 saturated heterocycles. The summed E-state index contributed by atoms with van der Waals surface area (Å²) in [5.74, 6) is 0. The molecule has 0 fully saturated rings. The van der Waals surface area contributed by atoms with Crippen molar-refractivity contribution in [1.82, 2.24) is 5.32 Å². The highest BCUT2D eigenvalue weighted by Crippen LogP contribution is 2.34. The zero-order chi connectivity index (χ0) is 12.3. The van der Waals surface area contributed by atoms with Crippen LogP contribution in [0, 0.1) is 0 Å². The molecular weight excluding hydrogens is 279 g/mol. The van der Waals surface area contributed by atoms with Crippen LogP contribution in [0.2, 0.25) is 0 Å². The Kier molecular flexibility index (Phi) is 3.77. The Morgan fingerprint density at radius 1 is 1.18 bits per heavy atom.